The normalized spacial score (nSPS) is 15.5. The summed E-state index contributed by atoms with van der Waals surface area (Å²) in [5, 5.41) is 16.9. The number of benzene rings is 4. The zero-order valence-electron chi connectivity index (χ0n) is 37.5. The molecule has 2 saturated heterocycles. The average molecular weight is 1210 g/mol. The lowest BCUT2D eigenvalue weighted by Crippen LogP contribution is -2.52. The van der Waals surface area contributed by atoms with Crippen LogP contribution in [-0.4, -0.2) is 111 Å². The fraction of sp³-hybridized carbons (Fsp3) is 0.268. The Morgan fingerprint density at radius 3 is 1.36 bits per heavy atom. The van der Waals surface area contributed by atoms with E-state index in [1.807, 2.05) is 0 Å². The highest BCUT2D eigenvalue weighted by molar-refractivity contribution is 7.94. The predicted molar refractivity (Wildman–Crippen MR) is 263 cm³/mol. The minimum Gasteiger partial charge on any atom is -0.507 e. The first-order valence-corrected chi connectivity index (χ1v) is 28.9. The zero-order chi connectivity index (χ0) is 55.3. The number of hydrogen-bond acceptors (Lipinski definition) is 16. The van der Waals surface area contributed by atoms with E-state index in [9.17, 15) is 75.5 Å². The van der Waals surface area contributed by atoms with Crippen molar-refractivity contribution in [2.24, 2.45) is 0 Å². The van der Waals surface area contributed by atoms with Crippen LogP contribution in [0.4, 0.5) is 17.6 Å². The van der Waals surface area contributed by atoms with Crippen molar-refractivity contribution in [1.82, 2.24) is 39.0 Å². The van der Waals surface area contributed by atoms with Gasteiger partial charge in [0.25, 0.3) is 24.0 Å². The van der Waals surface area contributed by atoms with E-state index in [4.69, 9.17) is 51.1 Å². The van der Waals surface area contributed by atoms with E-state index in [0.29, 0.717) is 26.1 Å². The molecule has 0 aliphatic carbocycles. The fourth-order valence-corrected chi connectivity index (χ4v) is 14.5. The molecule has 2 aliphatic heterocycles. The number of alkyl halides is 4. The molecule has 6 aromatic rings. The lowest BCUT2D eigenvalue weighted by molar-refractivity contribution is 0.141. The maximum absolute atomic E-state index is 13.1. The van der Waals surface area contributed by atoms with Crippen molar-refractivity contribution in [1.29, 1.82) is 0 Å². The minimum atomic E-state index is -4.27. The van der Waals surface area contributed by atoms with Crippen molar-refractivity contribution in [3.8, 4) is 22.9 Å². The van der Waals surface area contributed by atoms with E-state index < -0.39 is 109 Å². The van der Waals surface area contributed by atoms with Crippen LogP contribution in [-0.2, 0) is 52.6 Å². The molecular weight excluding hydrogens is 1170 g/mol. The van der Waals surface area contributed by atoms with Gasteiger partial charge in [-0.05, 0) is 70.8 Å². The van der Waals surface area contributed by atoms with Crippen molar-refractivity contribution in [3.63, 3.8) is 0 Å². The molecule has 34 heteroatoms. The van der Waals surface area contributed by atoms with Gasteiger partial charge in [0, 0.05) is 45.0 Å². The molecule has 8 rings (SSSR count). The third-order valence-corrected chi connectivity index (χ3v) is 19.0. The molecule has 0 spiro atoms. The number of aromatic amines is 2. The number of nitrogens with one attached hydrogen (secondary N) is 4. The maximum Gasteiger partial charge on any atom is 0.349 e. The molecule has 4 heterocycles. The maximum atomic E-state index is 13.1. The summed E-state index contributed by atoms with van der Waals surface area (Å²) in [5.74, 6) is -1.86. The van der Waals surface area contributed by atoms with Gasteiger partial charge in [-0.1, -0.05) is 58.5 Å². The quantitative estimate of drug-likeness (QED) is 0.0921. The van der Waals surface area contributed by atoms with E-state index in [2.05, 4.69) is 19.6 Å². The Labute approximate surface area is 440 Å². The minimum absolute atomic E-state index is 0.00372. The second kappa shape index (κ2) is 21.7. The number of rotatable bonds is 15. The highest BCUT2D eigenvalue weighted by Crippen LogP contribution is 2.35. The standard InChI is InChI=1S/C21H18Cl2F2N4O7S2.C20H16Cl2F2N4O7S2/c1-36-16-3-2-10(5-17(16)38(34,35)28-11-8-37(32,33)9-11)4-13-14(22)6-12(7-15(13)23)29-21(31)26-20(30)18(27-29)19(24)25;21-13-5-11(28-20(31)25-19(30)17(26-28)18(23)24)6-14(22)12(13)3-9-1-2-15(29)16(4-9)37(34,35)27-10-7-36(32,33)8-10/h2-3,5-7,11,19,28H,4,8-9H2,1H3,(H,26,30,31);1-2,4-6,10,18,27,29H,3,7-8H2,(H,25,30,31). The van der Waals surface area contributed by atoms with Crippen LogP contribution in [0.1, 0.15) is 46.5 Å². The van der Waals surface area contributed by atoms with Gasteiger partial charge in [-0.2, -0.15) is 19.6 Å². The Morgan fingerprint density at radius 1 is 0.640 bits per heavy atom. The smallest absolute Gasteiger partial charge is 0.349 e. The molecule has 75 heavy (non-hydrogen) atoms. The van der Waals surface area contributed by atoms with Gasteiger partial charge in [0.05, 0.1) is 41.5 Å². The van der Waals surface area contributed by atoms with Crippen LogP contribution in [0.5, 0.6) is 11.5 Å². The summed E-state index contributed by atoms with van der Waals surface area (Å²) in [6.45, 7) is 0. The van der Waals surface area contributed by atoms with E-state index in [1.54, 1.807) is 16.0 Å². The Balaban J connectivity index is 0.000000219. The van der Waals surface area contributed by atoms with Gasteiger partial charge < -0.3 is 9.84 Å². The van der Waals surface area contributed by atoms with Crippen LogP contribution in [0.15, 0.2) is 89.6 Å². The number of phenols is 1. The second-order valence-electron chi connectivity index (χ2n) is 16.4. The number of phenolic OH excluding ortho intramolecular Hbond substituents is 1. The number of ether oxygens (including phenoxy) is 1. The van der Waals surface area contributed by atoms with Crippen LogP contribution >= 0.6 is 46.4 Å². The van der Waals surface area contributed by atoms with E-state index >= 15 is 0 Å². The molecular formula is C41H34Cl4F4N8O14S4. The van der Waals surface area contributed by atoms with Crippen molar-refractivity contribution >= 4 is 86.1 Å². The highest BCUT2D eigenvalue weighted by atomic mass is 35.5. The molecule has 0 atom stereocenters. The molecule has 402 valence electrons. The van der Waals surface area contributed by atoms with Gasteiger partial charge in [0.1, 0.15) is 21.3 Å². The van der Waals surface area contributed by atoms with Crippen molar-refractivity contribution in [2.75, 3.05) is 30.1 Å². The first kappa shape index (κ1) is 57.0. The number of halogens is 8. The molecule has 5 N–H and O–H groups in total. The number of sulfone groups is 2. The molecule has 22 nitrogen and oxygen atoms in total. The van der Waals surface area contributed by atoms with Crippen LogP contribution in [0.25, 0.3) is 11.4 Å². The van der Waals surface area contributed by atoms with E-state index in [-0.39, 0.29) is 83.5 Å². The monoisotopic (exact) mass is 1210 g/mol. The molecule has 0 saturated carbocycles. The summed E-state index contributed by atoms with van der Waals surface area (Å²) in [7, 11) is -13.7. The largest absolute Gasteiger partial charge is 0.507 e. The van der Waals surface area contributed by atoms with Gasteiger partial charge in [0.15, 0.2) is 31.1 Å². The van der Waals surface area contributed by atoms with Crippen LogP contribution in [0.2, 0.25) is 20.1 Å². The fourth-order valence-electron chi connectivity index (χ4n) is 7.39. The van der Waals surface area contributed by atoms with Crippen LogP contribution < -0.4 is 36.7 Å². The molecule has 2 aliphatic rings. The van der Waals surface area contributed by atoms with Crippen LogP contribution in [0, 0.1) is 0 Å². The SMILES string of the molecule is COc1ccc(Cc2c(Cl)cc(-n3nc(C(F)F)c(=O)[nH]c3=O)cc2Cl)cc1S(=O)(=O)NC1CS(=O)(=O)C1.O=c1[nH]c(=O)n(-c2cc(Cl)c(Cc3ccc(O)c(S(=O)(=O)NC4CS(=O)(=O)C4)c3)c(Cl)c2)nc1C(F)F. The first-order chi connectivity index (χ1) is 34.9. The molecule has 0 unspecified atom stereocenters. The predicted octanol–water partition coefficient (Wildman–Crippen LogP) is 3.38. The van der Waals surface area contributed by atoms with Gasteiger partial charge in [-0.3, -0.25) is 19.6 Å². The van der Waals surface area contributed by atoms with Crippen molar-refractivity contribution < 1.29 is 61.1 Å². The van der Waals surface area contributed by atoms with Gasteiger partial charge in [0.2, 0.25) is 20.0 Å². The number of methoxy groups -OCH3 is 1. The number of hydrogen-bond donors (Lipinski definition) is 5. The Hall–Kier alpha value is -5.70. The number of aromatic hydroxyl groups is 1. The molecule has 0 bridgehead atoms. The van der Waals surface area contributed by atoms with Gasteiger partial charge >= 0.3 is 11.4 Å². The average Bonchev–Trinajstić information content (AvgIpc) is 3.27. The molecule has 2 fully saturated rings. The Morgan fingerprint density at radius 2 is 1.00 bits per heavy atom. The summed E-state index contributed by atoms with van der Waals surface area (Å²) in [5.41, 5.74) is -6.04. The van der Waals surface area contributed by atoms with Crippen molar-refractivity contribution in [2.45, 2.75) is 47.6 Å². The number of nitrogens with zero attached hydrogens (tertiary/aromatic N) is 4. The van der Waals surface area contributed by atoms with E-state index in [0.717, 1.165) is 12.1 Å². The number of aromatic nitrogens is 6. The second-order valence-corrected chi connectivity index (χ2v) is 25.7. The number of sulfonamides is 2. The lowest BCUT2D eigenvalue weighted by Gasteiger charge is -2.26. The molecule has 0 amide bonds. The summed E-state index contributed by atoms with van der Waals surface area (Å²) in [6.07, 6.45) is -6.52. The summed E-state index contributed by atoms with van der Waals surface area (Å²) >= 11 is 25.4. The highest BCUT2D eigenvalue weighted by Gasteiger charge is 2.38. The summed E-state index contributed by atoms with van der Waals surface area (Å²) < 4.78 is 160. The third kappa shape index (κ3) is 12.9. The third-order valence-electron chi connectivity index (χ3n) is 10.9. The lowest BCUT2D eigenvalue weighted by atomic mass is 10.0. The summed E-state index contributed by atoms with van der Waals surface area (Å²) in [4.78, 5) is 50.1. The van der Waals surface area contributed by atoms with Crippen LogP contribution in [0.3, 0.4) is 0 Å². The Bertz CT molecular complexity index is 3950. The topological polar surface area (TPSA) is 326 Å². The summed E-state index contributed by atoms with van der Waals surface area (Å²) in [6, 6.07) is 11.3. The zero-order valence-corrected chi connectivity index (χ0v) is 43.8. The number of H-pyrrole nitrogens is 2. The Kier molecular flexibility index (Phi) is 16.5. The first-order valence-electron chi connectivity index (χ1n) is 20.8. The van der Waals surface area contributed by atoms with E-state index in [1.165, 1.54) is 49.6 Å². The molecule has 4 aromatic carbocycles. The molecule has 2 aromatic heterocycles. The molecule has 0 radical (unpaired) electrons. The van der Waals surface area contributed by atoms with Crippen molar-refractivity contribution in [3.05, 3.63) is 156 Å². The van der Waals surface area contributed by atoms with Gasteiger partial charge in [-0.15, -0.1) is 0 Å². The van der Waals surface area contributed by atoms with Gasteiger partial charge in [-0.25, -0.2) is 70.3 Å².